The van der Waals surface area contributed by atoms with Crippen molar-refractivity contribution in [3.05, 3.63) is 65.5 Å². The van der Waals surface area contributed by atoms with Crippen LogP contribution in [0.2, 0.25) is 0 Å². The lowest BCUT2D eigenvalue weighted by molar-refractivity contribution is -0.128. The normalized spacial score (nSPS) is 11.8. The Bertz CT molecular complexity index is 1260. The molecule has 0 atom stereocenters. The molecule has 1 heterocycles. The van der Waals surface area contributed by atoms with Crippen molar-refractivity contribution in [3.63, 3.8) is 0 Å². The maximum atomic E-state index is 13.9. The van der Waals surface area contributed by atoms with Gasteiger partial charge in [-0.05, 0) is 49.1 Å². The Morgan fingerprint density at radius 2 is 1.62 bits per heavy atom. The number of fused-ring (bicyclic) bond motifs is 1. The van der Waals surface area contributed by atoms with Crippen LogP contribution in [-0.4, -0.2) is 48.6 Å². The molecule has 7 nitrogen and oxygen atoms in total. The van der Waals surface area contributed by atoms with Crippen LogP contribution >= 0.6 is 0 Å². The number of aryl methyl sites for hydroxylation is 1. The van der Waals surface area contributed by atoms with Crippen molar-refractivity contribution >= 4 is 28.8 Å². The SMILES string of the molecule is CCn1cc(C=C(NC(=O)c2ccc(OC)c(OC)c2)C(=O)N(CC(C)C)CC(C)C)c2ccccc21. The molecule has 2 aromatic carbocycles. The second-order valence-electron chi connectivity index (χ2n) is 9.97. The fourth-order valence-corrected chi connectivity index (χ4v) is 4.42. The van der Waals surface area contributed by atoms with Crippen molar-refractivity contribution in [1.29, 1.82) is 0 Å². The highest BCUT2D eigenvalue weighted by molar-refractivity contribution is 6.06. The first kappa shape index (κ1) is 27.8. The Hall–Kier alpha value is -3.74. The average Bonchev–Trinajstić information content (AvgIpc) is 3.23. The van der Waals surface area contributed by atoms with Crippen molar-refractivity contribution in [1.82, 2.24) is 14.8 Å². The van der Waals surface area contributed by atoms with E-state index >= 15 is 0 Å². The number of carbonyl (C=O) groups is 2. The lowest BCUT2D eigenvalue weighted by atomic mass is 10.1. The molecular formula is C30H39N3O4. The van der Waals surface area contributed by atoms with Crippen LogP contribution in [0, 0.1) is 11.8 Å². The quantitative estimate of drug-likeness (QED) is 0.345. The topological polar surface area (TPSA) is 72.8 Å². The lowest BCUT2D eigenvalue weighted by Crippen LogP contribution is -2.42. The van der Waals surface area contributed by atoms with Crippen LogP contribution in [0.3, 0.4) is 0 Å². The van der Waals surface area contributed by atoms with E-state index in [0.717, 1.165) is 23.0 Å². The lowest BCUT2D eigenvalue weighted by Gasteiger charge is -2.27. The average molecular weight is 506 g/mol. The molecule has 1 aromatic heterocycles. The van der Waals surface area contributed by atoms with Crippen LogP contribution < -0.4 is 14.8 Å². The van der Waals surface area contributed by atoms with Gasteiger partial charge in [-0.1, -0.05) is 45.9 Å². The van der Waals surface area contributed by atoms with E-state index in [1.807, 2.05) is 29.3 Å². The zero-order valence-corrected chi connectivity index (χ0v) is 23.0. The van der Waals surface area contributed by atoms with E-state index < -0.39 is 5.91 Å². The Kier molecular flexibility index (Phi) is 9.39. The summed E-state index contributed by atoms with van der Waals surface area (Å²) in [6.45, 7) is 12.4. The van der Waals surface area contributed by atoms with Crippen LogP contribution in [-0.2, 0) is 11.3 Å². The van der Waals surface area contributed by atoms with E-state index in [1.54, 1.807) is 31.4 Å². The molecule has 7 heteroatoms. The van der Waals surface area contributed by atoms with Gasteiger partial charge in [0.25, 0.3) is 11.8 Å². The number of para-hydroxylation sites is 1. The van der Waals surface area contributed by atoms with E-state index in [1.165, 1.54) is 7.11 Å². The molecule has 0 radical (unpaired) electrons. The van der Waals surface area contributed by atoms with Crippen molar-refractivity contribution in [2.24, 2.45) is 11.8 Å². The summed E-state index contributed by atoms with van der Waals surface area (Å²) in [5, 5.41) is 3.94. The molecule has 0 bridgehead atoms. The molecule has 0 aliphatic rings. The number of hydrogen-bond acceptors (Lipinski definition) is 4. The minimum atomic E-state index is -0.395. The summed E-state index contributed by atoms with van der Waals surface area (Å²) in [4.78, 5) is 29.1. The summed E-state index contributed by atoms with van der Waals surface area (Å²) in [6, 6.07) is 13.0. The Labute approximate surface area is 220 Å². The van der Waals surface area contributed by atoms with E-state index in [-0.39, 0.29) is 23.4 Å². The van der Waals surface area contributed by atoms with Crippen LogP contribution in [0.25, 0.3) is 17.0 Å². The first-order valence-electron chi connectivity index (χ1n) is 12.8. The van der Waals surface area contributed by atoms with Crippen molar-refractivity contribution < 1.29 is 19.1 Å². The maximum Gasteiger partial charge on any atom is 0.270 e. The maximum absolute atomic E-state index is 13.9. The largest absolute Gasteiger partial charge is 0.493 e. The molecule has 0 unspecified atom stereocenters. The van der Waals surface area contributed by atoms with Gasteiger partial charge in [0, 0.05) is 47.9 Å². The van der Waals surface area contributed by atoms with E-state index in [9.17, 15) is 9.59 Å². The molecule has 3 rings (SSSR count). The first-order chi connectivity index (χ1) is 17.7. The Balaban J connectivity index is 2.08. The van der Waals surface area contributed by atoms with Crippen molar-refractivity contribution in [2.45, 2.75) is 41.2 Å². The third kappa shape index (κ3) is 6.73. The number of hydrogen-bond donors (Lipinski definition) is 1. The number of rotatable bonds is 11. The third-order valence-corrected chi connectivity index (χ3v) is 6.04. The number of ether oxygens (including phenoxy) is 2. The van der Waals surface area contributed by atoms with Gasteiger partial charge in [0.2, 0.25) is 0 Å². The highest BCUT2D eigenvalue weighted by atomic mass is 16.5. The predicted octanol–water partition coefficient (Wildman–Crippen LogP) is 5.59. The van der Waals surface area contributed by atoms with Crippen LogP contribution in [0.1, 0.15) is 50.5 Å². The molecule has 37 heavy (non-hydrogen) atoms. The zero-order chi connectivity index (χ0) is 27.1. The molecule has 198 valence electrons. The molecular weight excluding hydrogens is 466 g/mol. The van der Waals surface area contributed by atoms with Gasteiger partial charge in [0.1, 0.15) is 5.70 Å². The van der Waals surface area contributed by atoms with Crippen LogP contribution in [0.15, 0.2) is 54.4 Å². The molecule has 0 saturated heterocycles. The first-order valence-corrected chi connectivity index (χ1v) is 12.8. The number of benzene rings is 2. The highest BCUT2D eigenvalue weighted by Crippen LogP contribution is 2.28. The van der Waals surface area contributed by atoms with Gasteiger partial charge < -0.3 is 24.3 Å². The summed E-state index contributed by atoms with van der Waals surface area (Å²) in [5.74, 6) is 0.941. The smallest absolute Gasteiger partial charge is 0.270 e. The molecule has 0 spiro atoms. The van der Waals surface area contributed by atoms with Gasteiger partial charge in [0.05, 0.1) is 14.2 Å². The van der Waals surface area contributed by atoms with Gasteiger partial charge in [-0.2, -0.15) is 0 Å². The summed E-state index contributed by atoms with van der Waals surface area (Å²) in [5.41, 5.74) is 2.56. The predicted molar refractivity (Wildman–Crippen MR) is 149 cm³/mol. The minimum absolute atomic E-state index is 0.204. The zero-order valence-electron chi connectivity index (χ0n) is 23.0. The van der Waals surface area contributed by atoms with Gasteiger partial charge >= 0.3 is 0 Å². The molecule has 1 N–H and O–H groups in total. The van der Waals surface area contributed by atoms with Crippen LogP contribution in [0.4, 0.5) is 0 Å². The van der Waals surface area contributed by atoms with Gasteiger partial charge in [-0.3, -0.25) is 9.59 Å². The number of aromatic nitrogens is 1. The number of nitrogens with one attached hydrogen (secondary N) is 1. The van der Waals surface area contributed by atoms with E-state index in [0.29, 0.717) is 30.2 Å². The minimum Gasteiger partial charge on any atom is -0.493 e. The monoisotopic (exact) mass is 505 g/mol. The van der Waals surface area contributed by atoms with Crippen molar-refractivity contribution in [3.8, 4) is 11.5 Å². The molecule has 0 aliphatic carbocycles. The number of nitrogens with zero attached hydrogens (tertiary/aromatic N) is 2. The summed E-state index contributed by atoms with van der Waals surface area (Å²) in [7, 11) is 3.06. The van der Waals surface area contributed by atoms with Crippen LogP contribution in [0.5, 0.6) is 11.5 Å². The number of carbonyl (C=O) groups excluding carboxylic acids is 2. The number of methoxy groups -OCH3 is 2. The fraction of sp³-hybridized carbons (Fsp3) is 0.400. The third-order valence-electron chi connectivity index (χ3n) is 6.04. The van der Waals surface area contributed by atoms with E-state index in [2.05, 4.69) is 50.6 Å². The van der Waals surface area contributed by atoms with E-state index in [4.69, 9.17) is 9.47 Å². The second kappa shape index (κ2) is 12.5. The van der Waals surface area contributed by atoms with Crippen molar-refractivity contribution in [2.75, 3.05) is 27.3 Å². The summed E-state index contributed by atoms with van der Waals surface area (Å²) < 4.78 is 12.8. The van der Waals surface area contributed by atoms with Gasteiger partial charge in [-0.25, -0.2) is 0 Å². The summed E-state index contributed by atoms with van der Waals surface area (Å²) >= 11 is 0. The molecule has 2 amide bonds. The number of amides is 2. The second-order valence-corrected chi connectivity index (χ2v) is 9.97. The molecule has 3 aromatic rings. The fourth-order valence-electron chi connectivity index (χ4n) is 4.42. The molecule has 0 aliphatic heterocycles. The van der Waals surface area contributed by atoms with Gasteiger partial charge in [0.15, 0.2) is 11.5 Å². The Morgan fingerprint density at radius 1 is 0.973 bits per heavy atom. The standard InChI is InChI=1S/C30H39N3O4/c1-8-32-19-23(24-11-9-10-12-26(24)32)15-25(30(35)33(17-20(2)3)18-21(4)5)31-29(34)22-13-14-27(36-6)28(16-22)37-7/h9-16,19-21H,8,17-18H2,1-7H3,(H,31,34). The van der Waals surface area contributed by atoms with Gasteiger partial charge in [-0.15, -0.1) is 0 Å². The Morgan fingerprint density at radius 3 is 2.22 bits per heavy atom. The summed E-state index contributed by atoms with van der Waals surface area (Å²) in [6.07, 6.45) is 3.82. The molecule has 0 saturated carbocycles. The highest BCUT2D eigenvalue weighted by Gasteiger charge is 2.23. The molecule has 0 fully saturated rings.